The molecule has 3 aromatic carbocycles. The molecule has 13 heteroatoms. The average molecular weight is 592 g/mol. The van der Waals surface area contributed by atoms with Crippen LogP contribution in [0.5, 0.6) is 5.75 Å². The molecular formula is C28H26F5N5O2S. The van der Waals surface area contributed by atoms with Gasteiger partial charge in [-0.15, -0.1) is 13.2 Å². The van der Waals surface area contributed by atoms with Crippen molar-refractivity contribution in [3.63, 3.8) is 0 Å². The number of hydrogen-bond acceptors (Lipinski definition) is 6. The Kier molecular flexibility index (Phi) is 8.50. The highest BCUT2D eigenvalue weighted by atomic mass is 32.2. The molecule has 4 rings (SSSR count). The van der Waals surface area contributed by atoms with Crippen LogP contribution in [0.15, 0.2) is 77.8 Å². The first-order chi connectivity index (χ1) is 19.3. The van der Waals surface area contributed by atoms with Crippen LogP contribution in [0.1, 0.15) is 29.2 Å². The van der Waals surface area contributed by atoms with E-state index in [0.717, 1.165) is 17.7 Å². The molecule has 0 spiro atoms. The maximum absolute atomic E-state index is 13.7. The number of aromatic nitrogens is 2. The highest BCUT2D eigenvalue weighted by molar-refractivity contribution is 7.84. The Morgan fingerprint density at radius 1 is 1.05 bits per heavy atom. The third kappa shape index (κ3) is 6.41. The molecule has 0 bridgehead atoms. The largest absolute Gasteiger partial charge is 0.573 e. The summed E-state index contributed by atoms with van der Waals surface area (Å²) in [5, 5.41) is 1.21. The summed E-state index contributed by atoms with van der Waals surface area (Å²) in [4.78, 5) is 4.64. The Labute approximate surface area is 235 Å². The Hall–Kier alpha value is -4.23. The predicted octanol–water partition coefficient (Wildman–Crippen LogP) is 6.37. The lowest BCUT2D eigenvalue weighted by atomic mass is 10.0. The second-order valence-electron chi connectivity index (χ2n) is 8.95. The van der Waals surface area contributed by atoms with Gasteiger partial charge >= 0.3 is 6.36 Å². The van der Waals surface area contributed by atoms with E-state index in [1.165, 1.54) is 34.8 Å². The van der Waals surface area contributed by atoms with Crippen LogP contribution >= 0.6 is 0 Å². The topological polar surface area (TPSA) is 99.4 Å². The van der Waals surface area contributed by atoms with E-state index in [1.54, 1.807) is 49.6 Å². The van der Waals surface area contributed by atoms with Gasteiger partial charge in [-0.25, -0.2) is 19.6 Å². The zero-order chi connectivity index (χ0) is 30.1. The number of hydrogen-bond donors (Lipinski definition) is 2. The molecule has 216 valence electrons. The van der Waals surface area contributed by atoms with E-state index < -0.39 is 29.3 Å². The van der Waals surface area contributed by atoms with Gasteiger partial charge in [0.05, 0.1) is 17.1 Å². The van der Waals surface area contributed by atoms with Crippen LogP contribution in [-0.2, 0) is 10.8 Å². The summed E-state index contributed by atoms with van der Waals surface area (Å²) < 4.78 is 82.8. The second-order valence-corrected chi connectivity index (χ2v) is 10.3. The Balaban J connectivity index is 1.87. The molecule has 4 N–H and O–H groups in total. The number of imidazole rings is 1. The van der Waals surface area contributed by atoms with E-state index >= 15 is 0 Å². The number of aryl methyl sites for hydroxylation is 1. The molecule has 0 radical (unpaired) electrons. The molecule has 1 heterocycles. The number of nitrogens with zero attached hydrogens (tertiary/aromatic N) is 3. The Morgan fingerprint density at radius 3 is 2.27 bits per heavy atom. The fourth-order valence-electron chi connectivity index (χ4n) is 4.44. The Morgan fingerprint density at radius 2 is 1.71 bits per heavy atom. The van der Waals surface area contributed by atoms with Crippen LogP contribution in [-0.4, -0.2) is 26.4 Å². The number of nitrogens with two attached hydrogens (primary N) is 2. The van der Waals surface area contributed by atoms with Crippen LogP contribution < -0.4 is 21.3 Å². The summed E-state index contributed by atoms with van der Waals surface area (Å²) in [6, 6.07) is 17.2. The first-order valence-corrected chi connectivity index (χ1v) is 13.6. The molecular weight excluding hydrogens is 565 g/mol. The standard InChI is InChI=1S/C28H26F5N5O2S/c1-16-26(27(29)30)36-17(2)37(16)23-12-9-20(19-5-4-6-22(13-19)41(3)39)14-24(23)38(35)25(15-34)18-7-10-21(11-8-18)40-28(31,32)33/h4-15,27H,34-35H2,1-3H3/b25-15-. The molecule has 0 aliphatic carbocycles. The molecule has 1 aromatic heterocycles. The monoisotopic (exact) mass is 591 g/mol. The SMILES string of the molecule is Cc1nc(C(F)F)c(C)n1-c1ccc(-c2cccc(S(C)=O)c2)cc1N(N)/C(=C\N)c1ccc(OC(F)(F)F)cc1. The number of rotatable bonds is 8. The minimum Gasteiger partial charge on any atom is -0.406 e. The fourth-order valence-corrected chi connectivity index (χ4v) is 5.00. The van der Waals surface area contributed by atoms with Gasteiger partial charge < -0.3 is 10.5 Å². The van der Waals surface area contributed by atoms with E-state index in [4.69, 9.17) is 11.6 Å². The summed E-state index contributed by atoms with van der Waals surface area (Å²) in [7, 11) is -1.24. The van der Waals surface area contributed by atoms with Crippen LogP contribution in [0.25, 0.3) is 22.5 Å². The van der Waals surface area contributed by atoms with Crippen molar-refractivity contribution in [3.8, 4) is 22.6 Å². The minimum absolute atomic E-state index is 0.204. The first kappa shape index (κ1) is 29.7. The highest BCUT2D eigenvalue weighted by Gasteiger charge is 2.31. The van der Waals surface area contributed by atoms with Crippen LogP contribution in [0, 0.1) is 13.8 Å². The lowest BCUT2D eigenvalue weighted by molar-refractivity contribution is -0.274. The summed E-state index contributed by atoms with van der Waals surface area (Å²) in [6.45, 7) is 3.09. The number of anilines is 1. The molecule has 1 unspecified atom stereocenters. The molecule has 0 aliphatic rings. The van der Waals surface area contributed by atoms with Gasteiger partial charge in [0.25, 0.3) is 6.43 Å². The molecule has 4 aromatic rings. The molecule has 0 aliphatic heterocycles. The summed E-state index contributed by atoms with van der Waals surface area (Å²) >= 11 is 0. The Bertz CT molecular complexity index is 1620. The van der Waals surface area contributed by atoms with Crippen molar-refractivity contribution in [3.05, 3.63) is 95.7 Å². The molecule has 1 atom stereocenters. The highest BCUT2D eigenvalue weighted by Crippen LogP contribution is 2.37. The normalized spacial score (nSPS) is 13.0. The second kappa shape index (κ2) is 11.7. The summed E-state index contributed by atoms with van der Waals surface area (Å²) in [5.74, 6) is 6.45. The van der Waals surface area contributed by atoms with E-state index in [9.17, 15) is 26.2 Å². The lowest BCUT2D eigenvalue weighted by Gasteiger charge is -2.26. The van der Waals surface area contributed by atoms with Crippen molar-refractivity contribution < 1.29 is 30.9 Å². The van der Waals surface area contributed by atoms with Crippen LogP contribution in [0.4, 0.5) is 27.6 Å². The van der Waals surface area contributed by atoms with Gasteiger partial charge in [-0.2, -0.15) is 0 Å². The molecule has 0 saturated heterocycles. The van der Waals surface area contributed by atoms with Crippen molar-refractivity contribution in [2.75, 3.05) is 11.3 Å². The minimum atomic E-state index is -4.86. The average Bonchev–Trinajstić information content (AvgIpc) is 3.22. The molecule has 0 amide bonds. The van der Waals surface area contributed by atoms with E-state index in [1.807, 2.05) is 6.07 Å². The van der Waals surface area contributed by atoms with Crippen LogP contribution in [0.3, 0.4) is 0 Å². The smallest absolute Gasteiger partial charge is 0.406 e. The van der Waals surface area contributed by atoms with Gasteiger partial charge in [0.1, 0.15) is 17.3 Å². The summed E-state index contributed by atoms with van der Waals surface area (Å²) in [5.41, 5.74) is 8.43. The zero-order valence-electron chi connectivity index (χ0n) is 22.1. The maximum Gasteiger partial charge on any atom is 0.573 e. The van der Waals surface area contributed by atoms with Crippen molar-refractivity contribution in [1.82, 2.24) is 9.55 Å². The number of halogens is 5. The molecule has 7 nitrogen and oxygen atoms in total. The zero-order valence-corrected chi connectivity index (χ0v) is 22.9. The molecule has 0 saturated carbocycles. The third-order valence-corrected chi connectivity index (χ3v) is 7.21. The van der Waals surface area contributed by atoms with Crippen molar-refractivity contribution >= 4 is 22.2 Å². The van der Waals surface area contributed by atoms with Gasteiger partial charge in [-0.05, 0) is 73.5 Å². The lowest BCUT2D eigenvalue weighted by Crippen LogP contribution is -2.31. The molecule has 0 fully saturated rings. The summed E-state index contributed by atoms with van der Waals surface area (Å²) in [6.07, 6.45) is -4.93. The van der Waals surface area contributed by atoms with Gasteiger partial charge in [0.2, 0.25) is 0 Å². The van der Waals surface area contributed by atoms with Gasteiger partial charge in [0, 0.05) is 39.4 Å². The quantitative estimate of drug-likeness (QED) is 0.140. The van der Waals surface area contributed by atoms with E-state index in [0.29, 0.717) is 27.4 Å². The number of alkyl halides is 5. The van der Waals surface area contributed by atoms with Gasteiger partial charge in [-0.1, -0.05) is 18.2 Å². The van der Waals surface area contributed by atoms with Crippen molar-refractivity contribution in [1.29, 1.82) is 0 Å². The fraction of sp³-hybridized carbons (Fsp3) is 0.179. The third-order valence-electron chi connectivity index (χ3n) is 6.29. The van der Waals surface area contributed by atoms with E-state index in [-0.39, 0.29) is 22.9 Å². The first-order valence-electron chi connectivity index (χ1n) is 12.1. The van der Waals surface area contributed by atoms with Gasteiger partial charge in [-0.3, -0.25) is 13.8 Å². The maximum atomic E-state index is 13.7. The number of benzene rings is 3. The van der Waals surface area contributed by atoms with Crippen LogP contribution in [0.2, 0.25) is 0 Å². The van der Waals surface area contributed by atoms with Gasteiger partial charge in [0.15, 0.2) is 0 Å². The predicted molar refractivity (Wildman–Crippen MR) is 148 cm³/mol. The number of ether oxygens (including phenoxy) is 1. The van der Waals surface area contributed by atoms with Crippen molar-refractivity contribution in [2.45, 2.75) is 31.5 Å². The van der Waals surface area contributed by atoms with E-state index in [2.05, 4.69) is 9.72 Å². The van der Waals surface area contributed by atoms with Crippen molar-refractivity contribution in [2.24, 2.45) is 11.6 Å². The molecule has 41 heavy (non-hydrogen) atoms. The number of hydrazine groups is 1.